The molecule has 0 spiro atoms. The molecule has 0 bridgehead atoms. The highest BCUT2D eigenvalue weighted by Crippen LogP contribution is 2.09. The molecule has 0 aliphatic carbocycles. The standard InChI is InChI=1S/C11H14ClN5O3/c1-3-16(7-8-4-5-9(12)14-6-8)10(13-2)11(15-18)17(19)20/h4-6,18H,3,7H2,1-2H3/b13-10?,15-11-. The molecule has 0 aromatic carbocycles. The Kier molecular flexibility index (Phi) is 5.85. The maximum atomic E-state index is 10.8. The SMILES string of the molecule is CCN(Cc1ccc(Cl)nc1)C(=NC)/C(=N/O)[N+](=O)[O-]. The summed E-state index contributed by atoms with van der Waals surface area (Å²) in [6.07, 6.45) is 1.57. The molecule has 0 radical (unpaired) electrons. The summed E-state index contributed by atoms with van der Waals surface area (Å²) in [7, 11) is 1.40. The first-order valence-electron chi connectivity index (χ1n) is 5.72. The minimum atomic E-state index is -0.787. The maximum absolute atomic E-state index is 10.8. The summed E-state index contributed by atoms with van der Waals surface area (Å²) in [6, 6.07) is 3.38. The van der Waals surface area contributed by atoms with Crippen molar-refractivity contribution in [1.82, 2.24) is 9.88 Å². The van der Waals surface area contributed by atoms with E-state index in [4.69, 9.17) is 16.8 Å². The van der Waals surface area contributed by atoms with Crippen LogP contribution in [0.25, 0.3) is 0 Å². The van der Waals surface area contributed by atoms with Gasteiger partial charge in [0.05, 0.1) is 0 Å². The van der Waals surface area contributed by atoms with E-state index in [0.717, 1.165) is 5.56 Å². The van der Waals surface area contributed by atoms with Crippen molar-refractivity contribution in [2.75, 3.05) is 13.6 Å². The first kappa shape index (κ1) is 15.8. The Hall–Kier alpha value is -2.22. The second-order valence-electron chi connectivity index (χ2n) is 3.73. The van der Waals surface area contributed by atoms with E-state index in [9.17, 15) is 10.1 Å². The number of nitro groups is 1. The van der Waals surface area contributed by atoms with E-state index in [1.165, 1.54) is 7.05 Å². The van der Waals surface area contributed by atoms with Crippen molar-refractivity contribution in [1.29, 1.82) is 0 Å². The summed E-state index contributed by atoms with van der Waals surface area (Å²) >= 11 is 5.70. The van der Waals surface area contributed by atoms with Crippen LogP contribution in [0, 0.1) is 10.1 Å². The van der Waals surface area contributed by atoms with Crippen LogP contribution < -0.4 is 0 Å². The van der Waals surface area contributed by atoms with Gasteiger partial charge in [-0.15, -0.1) is 0 Å². The molecule has 0 aliphatic heterocycles. The van der Waals surface area contributed by atoms with Gasteiger partial charge in [0.2, 0.25) is 5.84 Å². The van der Waals surface area contributed by atoms with E-state index in [1.807, 2.05) is 6.92 Å². The third kappa shape index (κ3) is 3.89. The number of hydrogen-bond donors (Lipinski definition) is 1. The molecule has 0 fully saturated rings. The van der Waals surface area contributed by atoms with Crippen LogP contribution in [0.1, 0.15) is 12.5 Å². The zero-order valence-electron chi connectivity index (χ0n) is 11.0. The molecule has 1 aromatic rings. The predicted molar refractivity (Wildman–Crippen MR) is 74.9 cm³/mol. The van der Waals surface area contributed by atoms with Crippen molar-refractivity contribution in [2.24, 2.45) is 10.1 Å². The van der Waals surface area contributed by atoms with Crippen LogP contribution in [0.4, 0.5) is 0 Å². The first-order valence-corrected chi connectivity index (χ1v) is 6.10. The summed E-state index contributed by atoms with van der Waals surface area (Å²) < 4.78 is 0. The fourth-order valence-corrected chi connectivity index (χ4v) is 1.71. The van der Waals surface area contributed by atoms with Crippen molar-refractivity contribution >= 4 is 23.3 Å². The minimum Gasteiger partial charge on any atom is -0.358 e. The molecule has 1 N–H and O–H groups in total. The zero-order chi connectivity index (χ0) is 15.1. The average Bonchev–Trinajstić information content (AvgIpc) is 2.44. The van der Waals surface area contributed by atoms with Crippen molar-refractivity contribution in [3.8, 4) is 0 Å². The summed E-state index contributed by atoms with van der Waals surface area (Å²) in [5.74, 6) is -0.703. The summed E-state index contributed by atoms with van der Waals surface area (Å²) in [5, 5.41) is 22.6. The number of rotatable bonds is 3. The number of aromatic nitrogens is 1. The highest BCUT2D eigenvalue weighted by molar-refractivity contribution is 6.36. The molecule has 0 saturated carbocycles. The number of halogens is 1. The quantitative estimate of drug-likeness (QED) is 0.228. The lowest BCUT2D eigenvalue weighted by molar-refractivity contribution is -0.348. The van der Waals surface area contributed by atoms with Gasteiger partial charge in [0.25, 0.3) is 0 Å². The normalized spacial score (nSPS) is 12.3. The lowest BCUT2D eigenvalue weighted by Crippen LogP contribution is -2.39. The second-order valence-corrected chi connectivity index (χ2v) is 4.12. The summed E-state index contributed by atoms with van der Waals surface area (Å²) in [5.41, 5.74) is 0.804. The monoisotopic (exact) mass is 299 g/mol. The van der Waals surface area contributed by atoms with Gasteiger partial charge < -0.3 is 20.2 Å². The third-order valence-electron chi connectivity index (χ3n) is 2.52. The lowest BCUT2D eigenvalue weighted by atomic mass is 10.2. The Balaban J connectivity index is 2.99. The van der Waals surface area contributed by atoms with E-state index >= 15 is 0 Å². The second kappa shape index (κ2) is 7.39. The zero-order valence-corrected chi connectivity index (χ0v) is 11.8. The van der Waals surface area contributed by atoms with Gasteiger partial charge in [-0.25, -0.2) is 4.98 Å². The Morgan fingerprint density at radius 2 is 2.30 bits per heavy atom. The van der Waals surface area contributed by atoms with Gasteiger partial charge in [0.1, 0.15) is 5.15 Å². The van der Waals surface area contributed by atoms with E-state index in [0.29, 0.717) is 18.2 Å². The Morgan fingerprint density at radius 1 is 1.60 bits per heavy atom. The van der Waals surface area contributed by atoms with Crippen LogP contribution in [0.2, 0.25) is 5.15 Å². The van der Waals surface area contributed by atoms with Gasteiger partial charge >= 0.3 is 5.84 Å². The topological polar surface area (TPSA) is 104 Å². The van der Waals surface area contributed by atoms with Gasteiger partial charge in [0, 0.05) is 26.3 Å². The molecule has 0 aliphatic rings. The van der Waals surface area contributed by atoms with Crippen molar-refractivity contribution < 1.29 is 10.1 Å². The number of pyridine rings is 1. The fourth-order valence-electron chi connectivity index (χ4n) is 1.60. The van der Waals surface area contributed by atoms with Crippen LogP contribution in [0.15, 0.2) is 28.5 Å². The molecule has 1 rings (SSSR count). The predicted octanol–water partition coefficient (Wildman–Crippen LogP) is 1.65. The van der Waals surface area contributed by atoms with Crippen molar-refractivity contribution in [2.45, 2.75) is 13.5 Å². The number of hydrogen-bond acceptors (Lipinski definition) is 6. The fraction of sp³-hybridized carbons (Fsp3) is 0.364. The van der Waals surface area contributed by atoms with Crippen LogP contribution in [-0.2, 0) is 6.54 Å². The highest BCUT2D eigenvalue weighted by atomic mass is 35.5. The van der Waals surface area contributed by atoms with Gasteiger partial charge in [-0.2, -0.15) is 0 Å². The van der Waals surface area contributed by atoms with Crippen molar-refractivity contribution in [3.63, 3.8) is 0 Å². The van der Waals surface area contributed by atoms with E-state index in [2.05, 4.69) is 15.1 Å². The summed E-state index contributed by atoms with van der Waals surface area (Å²) in [6.45, 7) is 2.59. The Labute approximate surface area is 120 Å². The van der Waals surface area contributed by atoms with Gasteiger partial charge in [-0.1, -0.05) is 17.7 Å². The van der Waals surface area contributed by atoms with Crippen LogP contribution in [0.3, 0.4) is 0 Å². The number of aliphatic imine (C=N–C) groups is 1. The largest absolute Gasteiger partial charge is 0.451 e. The number of likely N-dealkylation sites (N-methyl/N-ethyl adjacent to an activating group) is 1. The Bertz CT molecular complexity index is 529. The van der Waals surface area contributed by atoms with Gasteiger partial charge in [0.15, 0.2) is 5.16 Å². The molecule has 9 heteroatoms. The smallest absolute Gasteiger partial charge is 0.358 e. The van der Waals surface area contributed by atoms with Gasteiger partial charge in [-0.3, -0.25) is 4.99 Å². The molecule has 20 heavy (non-hydrogen) atoms. The number of oxime groups is 1. The molecule has 1 aromatic heterocycles. The Morgan fingerprint density at radius 3 is 2.70 bits per heavy atom. The molecule has 0 unspecified atom stereocenters. The van der Waals surface area contributed by atoms with Crippen LogP contribution >= 0.6 is 11.6 Å². The van der Waals surface area contributed by atoms with Crippen molar-refractivity contribution in [3.05, 3.63) is 39.2 Å². The minimum absolute atomic E-state index is 0.00468. The third-order valence-corrected chi connectivity index (χ3v) is 2.75. The van der Waals surface area contributed by atoms with Crippen LogP contribution in [-0.4, -0.2) is 45.3 Å². The molecule has 8 nitrogen and oxygen atoms in total. The highest BCUT2D eigenvalue weighted by Gasteiger charge is 2.27. The molecule has 0 saturated heterocycles. The van der Waals surface area contributed by atoms with E-state index in [-0.39, 0.29) is 5.84 Å². The molecular weight excluding hydrogens is 286 g/mol. The molecular formula is C11H14ClN5O3. The maximum Gasteiger partial charge on any atom is 0.451 e. The number of nitrogens with zero attached hydrogens (tertiary/aromatic N) is 5. The molecule has 1 heterocycles. The number of amidine groups is 2. The molecule has 0 atom stereocenters. The lowest BCUT2D eigenvalue weighted by Gasteiger charge is -2.21. The van der Waals surface area contributed by atoms with E-state index < -0.39 is 10.8 Å². The molecule has 108 valence electrons. The summed E-state index contributed by atoms with van der Waals surface area (Å²) in [4.78, 5) is 19.4. The average molecular weight is 300 g/mol. The molecule has 0 amide bonds. The van der Waals surface area contributed by atoms with Gasteiger partial charge in [-0.05, 0) is 23.5 Å². The first-order chi connectivity index (χ1) is 9.53. The van der Waals surface area contributed by atoms with E-state index in [1.54, 1.807) is 23.2 Å². The van der Waals surface area contributed by atoms with Crippen LogP contribution in [0.5, 0.6) is 0 Å².